The van der Waals surface area contributed by atoms with E-state index >= 15 is 0 Å². The van der Waals surface area contributed by atoms with Gasteiger partial charge in [-0.1, -0.05) is 12.8 Å². The molecule has 0 radical (unpaired) electrons. The zero-order valence-electron chi connectivity index (χ0n) is 21.1. The molecule has 0 bridgehead atoms. The number of nitrogens with one attached hydrogen (secondary N) is 1. The van der Waals surface area contributed by atoms with E-state index in [1.165, 1.54) is 25.7 Å². The number of hydrogen-bond acceptors (Lipinski definition) is 8. The maximum atomic E-state index is 9.86. The Morgan fingerprint density at radius 1 is 0.838 bits per heavy atom. The summed E-state index contributed by atoms with van der Waals surface area (Å²) in [6, 6.07) is 7.27. The lowest BCUT2D eigenvalue weighted by Gasteiger charge is -2.37. The van der Waals surface area contributed by atoms with E-state index in [9.17, 15) is 5.11 Å². The van der Waals surface area contributed by atoms with E-state index in [0.29, 0.717) is 18.0 Å². The minimum atomic E-state index is -0.143. The zero-order valence-corrected chi connectivity index (χ0v) is 21.1. The summed E-state index contributed by atoms with van der Waals surface area (Å²) in [5.74, 6) is 1.31. The molecule has 2 aliphatic heterocycles. The van der Waals surface area contributed by atoms with Gasteiger partial charge in [-0.3, -0.25) is 9.88 Å². The van der Waals surface area contributed by atoms with E-state index in [2.05, 4.69) is 46.8 Å². The van der Waals surface area contributed by atoms with Gasteiger partial charge in [0.05, 0.1) is 29.7 Å². The highest BCUT2D eigenvalue weighted by Gasteiger charge is 2.30. The molecule has 1 aliphatic carbocycles. The third-order valence-electron chi connectivity index (χ3n) is 8.56. The Bertz CT molecular complexity index is 1390. The highest BCUT2D eigenvalue weighted by molar-refractivity contribution is 6.06. The number of anilines is 3. The summed E-state index contributed by atoms with van der Waals surface area (Å²) in [5.41, 5.74) is 3.26. The molecule has 1 atom stereocenters. The lowest BCUT2D eigenvalue weighted by Crippen LogP contribution is -2.44. The molecule has 37 heavy (non-hydrogen) atoms. The van der Waals surface area contributed by atoms with Crippen LogP contribution in [-0.2, 0) is 0 Å². The van der Waals surface area contributed by atoms with Crippen LogP contribution in [0.15, 0.2) is 43.0 Å². The molecule has 1 saturated carbocycles. The number of β-amino-alcohol motifs (C(OH)–C–C–N with tert-alkyl or cyclic N) is 1. The predicted octanol–water partition coefficient (Wildman–Crippen LogP) is 4.27. The molecule has 7 rings (SSSR count). The Morgan fingerprint density at radius 2 is 1.70 bits per heavy atom. The fourth-order valence-corrected chi connectivity index (χ4v) is 6.61. The van der Waals surface area contributed by atoms with Crippen molar-refractivity contribution in [1.82, 2.24) is 29.4 Å². The zero-order chi connectivity index (χ0) is 24.8. The molecular formula is C28H34N8O. The van der Waals surface area contributed by atoms with E-state index < -0.39 is 0 Å². The molecule has 6 heterocycles. The van der Waals surface area contributed by atoms with Crippen LogP contribution in [0.3, 0.4) is 0 Å². The molecule has 3 fully saturated rings. The minimum Gasteiger partial charge on any atom is -0.392 e. The normalized spacial score (nSPS) is 22.0. The maximum absolute atomic E-state index is 9.86. The summed E-state index contributed by atoms with van der Waals surface area (Å²) in [6.45, 7) is 3.90. The van der Waals surface area contributed by atoms with Crippen LogP contribution in [0.25, 0.3) is 21.9 Å². The van der Waals surface area contributed by atoms with Crippen molar-refractivity contribution in [3.05, 3.63) is 43.0 Å². The molecule has 4 aromatic heterocycles. The fraction of sp³-hybridized carbons (Fsp3) is 0.500. The quantitative estimate of drug-likeness (QED) is 0.421. The van der Waals surface area contributed by atoms with Crippen LogP contribution in [0.2, 0.25) is 0 Å². The molecule has 0 amide bonds. The summed E-state index contributed by atoms with van der Waals surface area (Å²) in [6.07, 6.45) is 15.6. The number of pyridine rings is 2. The number of aliphatic hydroxyl groups is 1. The fourth-order valence-electron chi connectivity index (χ4n) is 6.61. The van der Waals surface area contributed by atoms with E-state index in [0.717, 1.165) is 78.9 Å². The minimum absolute atomic E-state index is 0.143. The first-order chi connectivity index (χ1) is 18.2. The molecule has 9 nitrogen and oxygen atoms in total. The van der Waals surface area contributed by atoms with E-state index in [1.807, 2.05) is 30.9 Å². The van der Waals surface area contributed by atoms with Crippen LogP contribution in [-0.4, -0.2) is 72.8 Å². The second-order valence-corrected chi connectivity index (χ2v) is 10.8. The number of likely N-dealkylation sites (tertiary alicyclic amines) is 1. The number of aliphatic hydroxyl groups excluding tert-OH is 1. The van der Waals surface area contributed by atoms with Gasteiger partial charge in [-0.15, -0.1) is 0 Å². The molecule has 2 saturated heterocycles. The van der Waals surface area contributed by atoms with Crippen LogP contribution in [0, 0.1) is 0 Å². The molecule has 0 spiro atoms. The van der Waals surface area contributed by atoms with Crippen LogP contribution < -0.4 is 10.2 Å². The monoisotopic (exact) mass is 498 g/mol. The first-order valence-electron chi connectivity index (χ1n) is 13.7. The first-order valence-corrected chi connectivity index (χ1v) is 13.7. The summed E-state index contributed by atoms with van der Waals surface area (Å²) < 4.78 is 2.38. The number of aromatic nitrogens is 5. The smallest absolute Gasteiger partial charge is 0.230 e. The molecule has 0 unspecified atom stereocenters. The van der Waals surface area contributed by atoms with E-state index in [-0.39, 0.29) is 6.10 Å². The van der Waals surface area contributed by atoms with Crippen molar-refractivity contribution in [2.45, 2.75) is 63.1 Å². The van der Waals surface area contributed by atoms with Gasteiger partial charge in [0.15, 0.2) is 0 Å². The second-order valence-electron chi connectivity index (χ2n) is 10.8. The Morgan fingerprint density at radius 3 is 2.46 bits per heavy atom. The van der Waals surface area contributed by atoms with E-state index in [4.69, 9.17) is 4.98 Å². The summed E-state index contributed by atoms with van der Waals surface area (Å²) in [5, 5.41) is 15.4. The highest BCUT2D eigenvalue weighted by atomic mass is 16.3. The largest absolute Gasteiger partial charge is 0.392 e. The van der Waals surface area contributed by atoms with Gasteiger partial charge < -0.3 is 19.9 Å². The summed E-state index contributed by atoms with van der Waals surface area (Å²) in [7, 11) is 0. The molecule has 4 aromatic rings. The maximum Gasteiger partial charge on any atom is 0.230 e. The first kappa shape index (κ1) is 22.9. The molecule has 192 valence electrons. The highest BCUT2D eigenvalue weighted by Crippen LogP contribution is 2.37. The molecule has 9 heteroatoms. The van der Waals surface area contributed by atoms with Crippen LogP contribution in [0.4, 0.5) is 17.5 Å². The van der Waals surface area contributed by atoms with Crippen LogP contribution in [0.5, 0.6) is 0 Å². The molecule has 2 N–H and O–H groups in total. The lowest BCUT2D eigenvalue weighted by molar-refractivity contribution is 0.148. The third-order valence-corrected chi connectivity index (χ3v) is 8.56. The lowest BCUT2D eigenvalue weighted by atomic mass is 10.0. The van der Waals surface area contributed by atoms with Crippen molar-refractivity contribution < 1.29 is 5.11 Å². The SMILES string of the molecule is O[C@@H]1CCN(C2CCN(c3ccc(Nc4ncc5c6ccncc6n(C6CCCC6)c5n4)nc3)CC2)C1. The summed E-state index contributed by atoms with van der Waals surface area (Å²) in [4.78, 5) is 23.5. The second kappa shape index (κ2) is 9.54. The van der Waals surface area contributed by atoms with Crippen molar-refractivity contribution >= 4 is 39.4 Å². The predicted molar refractivity (Wildman–Crippen MR) is 145 cm³/mol. The third kappa shape index (κ3) is 4.30. The Balaban J connectivity index is 1.08. The Kier molecular flexibility index (Phi) is 5.89. The average Bonchev–Trinajstić information content (AvgIpc) is 3.68. The van der Waals surface area contributed by atoms with Gasteiger partial charge in [-0.25, -0.2) is 9.97 Å². The number of rotatable bonds is 5. The van der Waals surface area contributed by atoms with Crippen molar-refractivity contribution in [2.24, 2.45) is 0 Å². The van der Waals surface area contributed by atoms with Crippen molar-refractivity contribution in [3.63, 3.8) is 0 Å². The van der Waals surface area contributed by atoms with Gasteiger partial charge in [0.1, 0.15) is 11.5 Å². The van der Waals surface area contributed by atoms with Crippen molar-refractivity contribution in [3.8, 4) is 0 Å². The molecule has 3 aliphatic rings. The Hall–Kier alpha value is -3.30. The van der Waals surface area contributed by atoms with Gasteiger partial charge in [-0.2, -0.15) is 4.98 Å². The number of piperidine rings is 1. The van der Waals surface area contributed by atoms with Gasteiger partial charge >= 0.3 is 0 Å². The molecular weight excluding hydrogens is 464 g/mol. The van der Waals surface area contributed by atoms with Gasteiger partial charge in [0.25, 0.3) is 0 Å². The summed E-state index contributed by atoms with van der Waals surface area (Å²) >= 11 is 0. The topological polar surface area (TPSA) is 95.2 Å². The van der Waals surface area contributed by atoms with Crippen molar-refractivity contribution in [2.75, 3.05) is 36.4 Å². The standard InChI is InChI=1S/C28H34N8O/c37-22-10-14-35(18-22)19-8-12-34(13-9-19)21-5-6-26(30-15-21)32-28-31-16-24-23-7-11-29-17-25(23)36(27(24)33-28)20-3-1-2-4-20/h5-7,11,15-17,19-20,22,37H,1-4,8-10,12-14,18H2,(H,30,31,32,33)/t22-/m1/s1. The van der Waals surface area contributed by atoms with Gasteiger partial charge in [0.2, 0.25) is 5.95 Å². The van der Waals surface area contributed by atoms with Gasteiger partial charge in [0, 0.05) is 61.4 Å². The van der Waals surface area contributed by atoms with Gasteiger partial charge in [-0.05, 0) is 50.3 Å². The number of fused-ring (bicyclic) bond motifs is 3. The molecule has 0 aromatic carbocycles. The number of hydrogen-bond donors (Lipinski definition) is 2. The van der Waals surface area contributed by atoms with Crippen molar-refractivity contribution in [1.29, 1.82) is 0 Å². The number of nitrogens with zero attached hydrogens (tertiary/aromatic N) is 7. The van der Waals surface area contributed by atoms with Crippen LogP contribution >= 0.6 is 0 Å². The van der Waals surface area contributed by atoms with E-state index in [1.54, 1.807) is 0 Å². The Labute approximate surface area is 216 Å². The average molecular weight is 499 g/mol. The van der Waals surface area contributed by atoms with Crippen LogP contribution in [0.1, 0.15) is 51.0 Å².